The van der Waals surface area contributed by atoms with E-state index in [1.54, 1.807) is 4.68 Å². The second kappa shape index (κ2) is 6.76. The minimum atomic E-state index is -0.196. The zero-order valence-corrected chi connectivity index (χ0v) is 14.8. The number of benzene rings is 1. The van der Waals surface area contributed by atoms with Crippen molar-refractivity contribution in [1.82, 2.24) is 9.78 Å². The van der Waals surface area contributed by atoms with Crippen molar-refractivity contribution in [2.24, 2.45) is 0 Å². The number of hydrogen-bond donors (Lipinski definition) is 2. The highest BCUT2D eigenvalue weighted by molar-refractivity contribution is 8.00. The maximum Gasteiger partial charge on any atom is 0.270 e. The van der Waals surface area contributed by atoms with Crippen molar-refractivity contribution in [1.29, 1.82) is 0 Å². The first-order valence-electron chi connectivity index (χ1n) is 7.99. The summed E-state index contributed by atoms with van der Waals surface area (Å²) in [5.41, 5.74) is 1.42. The average molecular weight is 347 g/mol. The highest BCUT2D eigenvalue weighted by atomic mass is 32.2. The molecule has 0 saturated heterocycles. The lowest BCUT2D eigenvalue weighted by molar-refractivity contribution is -0.113. The van der Waals surface area contributed by atoms with Crippen LogP contribution in [0.5, 0.6) is 5.75 Å². The molecule has 1 amide bonds. The SMILES string of the molecule is CCOc1ccc([C@@H]2SCC(=O)Nc3c2c(=O)[nH]n3C(C)C)cc1. The second-order valence-corrected chi connectivity index (χ2v) is 7.00. The van der Waals surface area contributed by atoms with Gasteiger partial charge in [-0.3, -0.25) is 19.4 Å². The van der Waals surface area contributed by atoms with E-state index >= 15 is 0 Å². The summed E-state index contributed by atoms with van der Waals surface area (Å²) in [7, 11) is 0. The number of hydrogen-bond acceptors (Lipinski definition) is 4. The molecule has 1 aliphatic heterocycles. The van der Waals surface area contributed by atoms with Crippen LogP contribution >= 0.6 is 11.8 Å². The molecule has 2 heterocycles. The van der Waals surface area contributed by atoms with Gasteiger partial charge in [0.25, 0.3) is 5.56 Å². The molecular formula is C17H21N3O3S. The maximum atomic E-state index is 12.5. The third kappa shape index (κ3) is 3.08. The van der Waals surface area contributed by atoms with Gasteiger partial charge in [-0.05, 0) is 38.5 Å². The Kier molecular flexibility index (Phi) is 4.71. The van der Waals surface area contributed by atoms with Crippen LogP contribution < -0.4 is 15.6 Å². The fourth-order valence-electron chi connectivity index (χ4n) is 2.80. The van der Waals surface area contributed by atoms with Crippen molar-refractivity contribution in [2.45, 2.75) is 32.1 Å². The summed E-state index contributed by atoms with van der Waals surface area (Å²) in [6.07, 6.45) is 0. The molecule has 2 N–H and O–H groups in total. The van der Waals surface area contributed by atoms with Crippen LogP contribution in [0.25, 0.3) is 0 Å². The molecule has 128 valence electrons. The van der Waals surface area contributed by atoms with E-state index in [4.69, 9.17) is 4.74 Å². The molecule has 1 aromatic carbocycles. The summed E-state index contributed by atoms with van der Waals surface area (Å²) in [4.78, 5) is 24.6. The Hall–Kier alpha value is -2.15. The van der Waals surface area contributed by atoms with Crippen LogP contribution in [0, 0.1) is 0 Å². The average Bonchev–Trinajstić information content (AvgIpc) is 2.76. The molecule has 0 radical (unpaired) electrons. The number of thioether (sulfide) groups is 1. The largest absolute Gasteiger partial charge is 0.494 e. The van der Waals surface area contributed by atoms with Gasteiger partial charge in [0.2, 0.25) is 5.91 Å². The van der Waals surface area contributed by atoms with Gasteiger partial charge in [-0.2, -0.15) is 0 Å². The van der Waals surface area contributed by atoms with Crippen molar-refractivity contribution >= 4 is 23.5 Å². The number of H-pyrrole nitrogens is 1. The van der Waals surface area contributed by atoms with Crippen molar-refractivity contribution in [3.05, 3.63) is 45.7 Å². The molecule has 0 unspecified atom stereocenters. The Morgan fingerprint density at radius 3 is 2.62 bits per heavy atom. The van der Waals surface area contributed by atoms with Crippen LogP contribution in [-0.4, -0.2) is 28.0 Å². The van der Waals surface area contributed by atoms with Crippen molar-refractivity contribution < 1.29 is 9.53 Å². The Balaban J connectivity index is 2.07. The van der Waals surface area contributed by atoms with Gasteiger partial charge in [-0.15, -0.1) is 11.8 Å². The van der Waals surface area contributed by atoms with E-state index in [0.717, 1.165) is 11.3 Å². The first-order chi connectivity index (χ1) is 11.5. The number of fused-ring (bicyclic) bond motifs is 1. The third-order valence-electron chi connectivity index (χ3n) is 3.87. The monoisotopic (exact) mass is 347 g/mol. The number of aromatic amines is 1. The van der Waals surface area contributed by atoms with E-state index in [2.05, 4.69) is 10.4 Å². The summed E-state index contributed by atoms with van der Waals surface area (Å²) in [6, 6.07) is 7.74. The Morgan fingerprint density at radius 2 is 2.00 bits per heavy atom. The van der Waals surface area contributed by atoms with E-state index in [9.17, 15) is 9.59 Å². The van der Waals surface area contributed by atoms with Crippen LogP contribution in [0.2, 0.25) is 0 Å². The Morgan fingerprint density at radius 1 is 1.29 bits per heavy atom. The highest BCUT2D eigenvalue weighted by Gasteiger charge is 2.30. The number of rotatable bonds is 4. The molecule has 0 saturated carbocycles. The van der Waals surface area contributed by atoms with Crippen LogP contribution in [0.15, 0.2) is 29.1 Å². The third-order valence-corrected chi connectivity index (χ3v) is 5.14. The van der Waals surface area contributed by atoms with Crippen LogP contribution in [-0.2, 0) is 4.79 Å². The van der Waals surface area contributed by atoms with E-state index < -0.39 is 0 Å². The Bertz CT molecular complexity index is 792. The van der Waals surface area contributed by atoms with Gasteiger partial charge in [0, 0.05) is 6.04 Å². The Labute approximate surface area is 144 Å². The van der Waals surface area contributed by atoms with Crippen LogP contribution in [0.4, 0.5) is 5.82 Å². The molecule has 6 nitrogen and oxygen atoms in total. The highest BCUT2D eigenvalue weighted by Crippen LogP contribution is 2.40. The number of aromatic nitrogens is 2. The minimum absolute atomic E-state index is 0.0471. The second-order valence-electron chi connectivity index (χ2n) is 5.91. The zero-order valence-electron chi connectivity index (χ0n) is 14.0. The van der Waals surface area contributed by atoms with E-state index in [1.807, 2.05) is 45.0 Å². The van der Waals surface area contributed by atoms with Crippen molar-refractivity contribution in [3.8, 4) is 5.75 Å². The zero-order chi connectivity index (χ0) is 17.3. The molecule has 1 aromatic heterocycles. The lowest BCUT2D eigenvalue weighted by atomic mass is 10.1. The summed E-state index contributed by atoms with van der Waals surface area (Å²) in [6.45, 7) is 6.47. The molecule has 7 heteroatoms. The molecule has 0 aliphatic carbocycles. The maximum absolute atomic E-state index is 12.5. The van der Waals surface area contributed by atoms with Gasteiger partial charge in [-0.1, -0.05) is 12.1 Å². The van der Waals surface area contributed by atoms with Gasteiger partial charge in [-0.25, -0.2) is 0 Å². The lowest BCUT2D eigenvalue weighted by Crippen LogP contribution is -2.17. The fraction of sp³-hybridized carbons (Fsp3) is 0.412. The van der Waals surface area contributed by atoms with Crippen LogP contribution in [0.3, 0.4) is 0 Å². The topological polar surface area (TPSA) is 76.1 Å². The van der Waals surface area contributed by atoms with Gasteiger partial charge < -0.3 is 10.1 Å². The van der Waals surface area contributed by atoms with E-state index in [0.29, 0.717) is 23.7 Å². The summed E-state index contributed by atoms with van der Waals surface area (Å²) in [5, 5.41) is 5.52. The van der Waals surface area contributed by atoms with Gasteiger partial charge in [0.05, 0.1) is 23.2 Å². The quantitative estimate of drug-likeness (QED) is 0.892. The van der Waals surface area contributed by atoms with E-state index in [-0.39, 0.29) is 22.8 Å². The summed E-state index contributed by atoms with van der Waals surface area (Å²) in [5.74, 6) is 1.58. The number of carbonyl (C=O) groups excluding carboxylic acids is 1. The molecule has 3 rings (SSSR count). The van der Waals surface area contributed by atoms with Gasteiger partial charge >= 0.3 is 0 Å². The fourth-order valence-corrected chi connectivity index (χ4v) is 3.92. The minimum Gasteiger partial charge on any atom is -0.494 e. The molecule has 1 atom stereocenters. The van der Waals surface area contributed by atoms with Crippen molar-refractivity contribution in [2.75, 3.05) is 17.7 Å². The number of amides is 1. The molecule has 24 heavy (non-hydrogen) atoms. The van der Waals surface area contributed by atoms with Gasteiger partial charge in [0.1, 0.15) is 11.6 Å². The standard InChI is InChI=1S/C17H21N3O3S/c1-4-23-12-7-5-11(6-8-12)15-14-16(18-13(21)9-24-15)20(10(2)3)19-17(14)22/h5-8,10,15H,4,9H2,1-3H3,(H,18,21)(H,19,22)/t15-/m0/s1. The van der Waals surface area contributed by atoms with Crippen LogP contribution in [0.1, 0.15) is 43.2 Å². The smallest absolute Gasteiger partial charge is 0.270 e. The summed E-state index contributed by atoms with van der Waals surface area (Å²) < 4.78 is 7.20. The number of nitrogens with one attached hydrogen (secondary N) is 2. The summed E-state index contributed by atoms with van der Waals surface area (Å²) >= 11 is 1.46. The number of anilines is 1. The molecule has 0 bridgehead atoms. The van der Waals surface area contributed by atoms with Gasteiger partial charge in [0.15, 0.2) is 0 Å². The molecule has 0 fully saturated rings. The molecule has 0 spiro atoms. The molecule has 1 aliphatic rings. The number of carbonyl (C=O) groups is 1. The first-order valence-corrected chi connectivity index (χ1v) is 9.04. The molecule has 2 aromatic rings. The normalized spacial score (nSPS) is 17.3. The van der Waals surface area contributed by atoms with E-state index in [1.165, 1.54) is 11.8 Å². The van der Waals surface area contributed by atoms with Crippen molar-refractivity contribution in [3.63, 3.8) is 0 Å². The number of ether oxygens (including phenoxy) is 1. The first kappa shape index (κ1) is 16.7. The molecular weight excluding hydrogens is 326 g/mol. The predicted molar refractivity (Wildman–Crippen MR) is 96.0 cm³/mol. The predicted octanol–water partition coefficient (Wildman–Crippen LogP) is 2.93. The number of nitrogens with zero attached hydrogens (tertiary/aromatic N) is 1. The lowest BCUT2D eigenvalue weighted by Gasteiger charge is -2.15.